The van der Waals surface area contributed by atoms with Gasteiger partial charge in [0.2, 0.25) is 0 Å². The van der Waals surface area contributed by atoms with Gasteiger partial charge in [-0.25, -0.2) is 0 Å². The smallest absolute Gasteiger partial charge is 0.290 e. The molecule has 1 aliphatic rings. The lowest BCUT2D eigenvalue weighted by molar-refractivity contribution is -0.115. The summed E-state index contributed by atoms with van der Waals surface area (Å²) in [6.07, 6.45) is 4.73. The van der Waals surface area contributed by atoms with Crippen molar-refractivity contribution in [3.8, 4) is 17.6 Å². The van der Waals surface area contributed by atoms with E-state index in [1.165, 1.54) is 6.08 Å². The van der Waals surface area contributed by atoms with Gasteiger partial charge < -0.3 is 9.52 Å². The first-order chi connectivity index (χ1) is 12.6. The number of nitrogens with zero attached hydrogens (tertiary/aromatic N) is 1. The number of hydrogen-bond donors (Lipinski definition) is 2. The number of hydrogen-bond acceptors (Lipinski definition) is 6. The molecule has 0 radical (unpaired) electrons. The van der Waals surface area contributed by atoms with Crippen LogP contribution < -0.4 is 5.32 Å². The number of fused-ring (bicyclic) bond motifs is 1. The number of aromatic hydroxyl groups is 1. The van der Waals surface area contributed by atoms with Crippen LogP contribution in [0.1, 0.15) is 16.9 Å². The number of phenolic OH excluding ortho intramolecular Hbond substituents is 1. The van der Waals surface area contributed by atoms with Crippen LogP contribution in [0.5, 0.6) is 5.75 Å². The van der Waals surface area contributed by atoms with Gasteiger partial charge in [-0.15, -0.1) is 0 Å². The Bertz CT molecular complexity index is 1150. The molecule has 0 aliphatic carbocycles. The summed E-state index contributed by atoms with van der Waals surface area (Å²) in [5.41, 5.74) is 1.78. The maximum atomic E-state index is 11.6. The van der Waals surface area contributed by atoms with E-state index in [0.717, 1.165) is 17.1 Å². The van der Waals surface area contributed by atoms with Crippen LogP contribution in [0.3, 0.4) is 0 Å². The molecule has 3 aromatic rings. The molecule has 1 aliphatic heterocycles. The summed E-state index contributed by atoms with van der Waals surface area (Å²) >= 11 is 0.826. The summed E-state index contributed by atoms with van der Waals surface area (Å²) in [7, 11) is 0. The normalized spacial score (nSPS) is 15.2. The number of benzene rings is 1. The minimum atomic E-state index is -0.442. The number of furan rings is 1. The first-order valence-electron chi connectivity index (χ1n) is 7.52. The van der Waals surface area contributed by atoms with Crippen LogP contribution in [-0.4, -0.2) is 21.2 Å². The van der Waals surface area contributed by atoms with E-state index >= 15 is 0 Å². The lowest BCUT2D eigenvalue weighted by Gasteiger charge is -1.93. The molecule has 126 valence electrons. The number of aromatic nitrogens is 1. The van der Waals surface area contributed by atoms with E-state index in [2.05, 4.69) is 22.1 Å². The van der Waals surface area contributed by atoms with Crippen LogP contribution >= 0.6 is 11.8 Å². The molecule has 0 spiro atoms. The third-order valence-electron chi connectivity index (χ3n) is 3.54. The lowest BCUT2D eigenvalue weighted by atomic mass is 10.2. The van der Waals surface area contributed by atoms with Gasteiger partial charge in [0, 0.05) is 29.4 Å². The quantitative estimate of drug-likeness (QED) is 0.510. The standard InChI is InChI=1S/C19H10N2O4S/c22-14-3-1-2-11(6-14)4-5-12-9-20-10-13-7-15(25-17(12)13)8-16-18(23)21-19(24)26-16/h1-3,6-10,22H,(H,21,23,24)/b16-8+. The molecule has 2 N–H and O–H groups in total. The van der Waals surface area contributed by atoms with E-state index in [-0.39, 0.29) is 10.7 Å². The Hall–Kier alpha value is -3.50. The zero-order valence-corrected chi connectivity index (χ0v) is 14.0. The van der Waals surface area contributed by atoms with Crippen molar-refractivity contribution in [2.75, 3.05) is 0 Å². The summed E-state index contributed by atoms with van der Waals surface area (Å²) in [4.78, 5) is 27.3. The van der Waals surface area contributed by atoms with Crippen LogP contribution in [-0.2, 0) is 4.79 Å². The Morgan fingerprint density at radius 1 is 1.19 bits per heavy atom. The SMILES string of the molecule is O=C1NC(=O)/C(=C\c2cc3cncc(C#Cc4cccc(O)c4)c3o2)S1. The van der Waals surface area contributed by atoms with Crippen molar-refractivity contribution >= 4 is 40.0 Å². The Morgan fingerprint density at radius 2 is 2.08 bits per heavy atom. The van der Waals surface area contributed by atoms with Gasteiger partial charge >= 0.3 is 0 Å². The highest BCUT2D eigenvalue weighted by Gasteiger charge is 2.25. The minimum Gasteiger partial charge on any atom is -0.508 e. The van der Waals surface area contributed by atoms with Gasteiger partial charge in [0.1, 0.15) is 11.5 Å². The molecular weight excluding hydrogens is 352 g/mol. The summed E-state index contributed by atoms with van der Waals surface area (Å²) < 4.78 is 5.78. The van der Waals surface area contributed by atoms with Crippen molar-refractivity contribution in [2.24, 2.45) is 0 Å². The first kappa shape index (κ1) is 16.0. The third-order valence-corrected chi connectivity index (χ3v) is 4.36. The summed E-state index contributed by atoms with van der Waals surface area (Å²) in [5, 5.41) is 12.0. The highest BCUT2D eigenvalue weighted by Crippen LogP contribution is 2.28. The molecule has 1 saturated heterocycles. The second-order valence-corrected chi connectivity index (χ2v) is 6.42. The monoisotopic (exact) mass is 362 g/mol. The molecule has 6 nitrogen and oxygen atoms in total. The van der Waals surface area contributed by atoms with Gasteiger partial charge in [-0.3, -0.25) is 19.9 Å². The second-order valence-electron chi connectivity index (χ2n) is 5.41. The van der Waals surface area contributed by atoms with Crippen molar-refractivity contribution in [1.29, 1.82) is 0 Å². The van der Waals surface area contributed by atoms with Crippen LogP contribution in [0.2, 0.25) is 0 Å². The number of thioether (sulfide) groups is 1. The van der Waals surface area contributed by atoms with Gasteiger partial charge in [-0.1, -0.05) is 17.9 Å². The molecule has 0 saturated carbocycles. The molecule has 1 aromatic carbocycles. The first-order valence-corrected chi connectivity index (χ1v) is 8.33. The molecule has 2 aromatic heterocycles. The van der Waals surface area contributed by atoms with Gasteiger partial charge in [0.15, 0.2) is 5.58 Å². The maximum Gasteiger partial charge on any atom is 0.290 e. The average molecular weight is 362 g/mol. The number of phenols is 1. The highest BCUT2D eigenvalue weighted by atomic mass is 32.2. The molecule has 4 rings (SSSR count). The van der Waals surface area contributed by atoms with Gasteiger partial charge in [0.25, 0.3) is 11.1 Å². The van der Waals surface area contributed by atoms with Crippen molar-refractivity contribution in [3.05, 3.63) is 64.5 Å². The molecular formula is C19H10N2O4S. The third kappa shape index (κ3) is 3.18. The Morgan fingerprint density at radius 3 is 2.85 bits per heavy atom. The zero-order valence-electron chi connectivity index (χ0n) is 13.1. The zero-order chi connectivity index (χ0) is 18.1. The Balaban J connectivity index is 1.72. The summed E-state index contributed by atoms with van der Waals surface area (Å²) in [6.45, 7) is 0. The van der Waals surface area contributed by atoms with Gasteiger partial charge in [-0.05, 0) is 36.0 Å². The van der Waals surface area contributed by atoms with Crippen molar-refractivity contribution in [2.45, 2.75) is 0 Å². The number of nitrogens with one attached hydrogen (secondary N) is 1. The molecule has 0 bridgehead atoms. The van der Waals surface area contributed by atoms with E-state index in [4.69, 9.17) is 4.42 Å². The average Bonchev–Trinajstić information content (AvgIpc) is 3.15. The fourth-order valence-corrected chi connectivity index (χ4v) is 3.08. The molecule has 3 heterocycles. The fourth-order valence-electron chi connectivity index (χ4n) is 2.42. The van der Waals surface area contributed by atoms with Crippen molar-refractivity contribution in [1.82, 2.24) is 10.3 Å². The largest absolute Gasteiger partial charge is 0.508 e. The summed E-state index contributed by atoms with van der Waals surface area (Å²) in [6, 6.07) is 8.35. The number of imide groups is 1. The number of carbonyl (C=O) groups excluding carboxylic acids is 2. The van der Waals surface area contributed by atoms with E-state index in [1.807, 2.05) is 0 Å². The Kier molecular flexibility index (Phi) is 3.95. The maximum absolute atomic E-state index is 11.6. The van der Waals surface area contributed by atoms with Crippen molar-refractivity contribution < 1.29 is 19.1 Å². The topological polar surface area (TPSA) is 92.4 Å². The number of rotatable bonds is 1. The summed E-state index contributed by atoms with van der Waals surface area (Å²) in [5.74, 6) is 6.06. The Labute approximate surface area is 151 Å². The molecule has 7 heteroatoms. The highest BCUT2D eigenvalue weighted by molar-refractivity contribution is 8.18. The van der Waals surface area contributed by atoms with Gasteiger partial charge in [0.05, 0.1) is 10.5 Å². The predicted octanol–water partition coefficient (Wildman–Crippen LogP) is 3.26. The number of carbonyl (C=O) groups is 2. The number of pyridine rings is 1. The minimum absolute atomic E-state index is 0.141. The van der Waals surface area contributed by atoms with Crippen LogP contribution in [0.15, 0.2) is 52.0 Å². The molecule has 2 amide bonds. The molecule has 1 fully saturated rings. The van der Waals surface area contributed by atoms with Crippen LogP contribution in [0.25, 0.3) is 17.0 Å². The predicted molar refractivity (Wildman–Crippen MR) is 97.2 cm³/mol. The fraction of sp³-hybridized carbons (Fsp3) is 0. The van der Waals surface area contributed by atoms with Crippen LogP contribution in [0, 0.1) is 11.8 Å². The van der Waals surface area contributed by atoms with E-state index in [9.17, 15) is 14.7 Å². The molecule has 0 unspecified atom stereocenters. The van der Waals surface area contributed by atoms with E-state index in [0.29, 0.717) is 22.5 Å². The van der Waals surface area contributed by atoms with Crippen molar-refractivity contribution in [3.63, 3.8) is 0 Å². The van der Waals surface area contributed by atoms with E-state index in [1.54, 1.807) is 42.7 Å². The van der Waals surface area contributed by atoms with Gasteiger partial charge in [-0.2, -0.15) is 0 Å². The van der Waals surface area contributed by atoms with Crippen LogP contribution in [0.4, 0.5) is 4.79 Å². The lowest BCUT2D eigenvalue weighted by Crippen LogP contribution is -2.17. The van der Waals surface area contributed by atoms with E-state index < -0.39 is 11.1 Å². The molecule has 0 atom stereocenters. The number of amides is 2. The second kappa shape index (κ2) is 6.43. The molecule has 26 heavy (non-hydrogen) atoms.